The Morgan fingerprint density at radius 3 is 1.18 bits per heavy atom. The zero-order chi connectivity index (χ0) is 9.71. The average molecular weight is 204 g/mol. The summed E-state index contributed by atoms with van der Waals surface area (Å²) in [5, 5.41) is 6.25. The van der Waals surface area contributed by atoms with Crippen molar-refractivity contribution in [3.05, 3.63) is 6.57 Å². The van der Waals surface area contributed by atoms with Crippen molar-refractivity contribution in [3.63, 3.8) is 0 Å². The van der Waals surface area contributed by atoms with Gasteiger partial charge in [0.25, 0.3) is 0 Å². The molecule has 0 aromatic heterocycles. The summed E-state index contributed by atoms with van der Waals surface area (Å²) in [4.78, 5) is 31.0. The lowest BCUT2D eigenvalue weighted by atomic mass is 11.9. The first-order valence-electron chi connectivity index (χ1n) is 1.75. The Morgan fingerprint density at radius 1 is 1.00 bits per heavy atom. The van der Waals surface area contributed by atoms with Crippen molar-refractivity contribution in [1.29, 1.82) is 5.26 Å². The van der Waals surface area contributed by atoms with Gasteiger partial charge in [0.2, 0.25) is 0 Å². The Bertz CT molecular complexity index is 188. The summed E-state index contributed by atoms with van der Waals surface area (Å²) in [7, 11) is -10.1. The quantitative estimate of drug-likeness (QED) is 0.340. The highest BCUT2D eigenvalue weighted by atomic mass is 31.3. The van der Waals surface area contributed by atoms with Crippen LogP contribution in [0, 0.1) is 11.8 Å². The molecule has 10 heteroatoms. The molecule has 0 atom stereocenters. The van der Waals surface area contributed by atoms with Crippen LogP contribution in [0.2, 0.25) is 0 Å². The maximum absolute atomic E-state index is 9.63. The highest BCUT2D eigenvalue weighted by Gasteiger charge is 2.27. The number of hydrogen-bond acceptors (Lipinski definition) is 4. The third-order valence-corrected chi connectivity index (χ3v) is 1.91. The standard InChI is InChI=1S/CN.H4O7P2/c1-2;1-8(2,3)7-9(4,5)6/h;(H2,1,2,3)(H2,4,5,6)/q-1;. The van der Waals surface area contributed by atoms with Gasteiger partial charge in [-0.1, -0.05) is 0 Å². The van der Waals surface area contributed by atoms with Crippen LogP contribution in [0.25, 0.3) is 0 Å². The van der Waals surface area contributed by atoms with Crippen molar-refractivity contribution in [1.82, 2.24) is 0 Å². The fraction of sp³-hybridized carbons (Fsp3) is 0. The van der Waals surface area contributed by atoms with E-state index in [0.29, 0.717) is 0 Å². The first-order chi connectivity index (χ1) is 4.71. The number of phosphoric acid groups is 2. The molecule has 0 spiro atoms. The fourth-order valence-electron chi connectivity index (χ4n) is 0.139. The van der Waals surface area contributed by atoms with Gasteiger partial charge in [-0.25, -0.2) is 9.13 Å². The molecule has 0 unspecified atom stereocenters. The lowest BCUT2D eigenvalue weighted by Gasteiger charge is -2.03. The first kappa shape index (κ1) is 13.3. The molecule has 0 aliphatic rings. The fourth-order valence-corrected chi connectivity index (χ4v) is 1.25. The van der Waals surface area contributed by atoms with Gasteiger partial charge in [-0.2, -0.15) is 4.31 Å². The van der Waals surface area contributed by atoms with E-state index in [0.717, 1.165) is 0 Å². The molecule has 0 aliphatic heterocycles. The van der Waals surface area contributed by atoms with Gasteiger partial charge in [0.05, 0.1) is 0 Å². The van der Waals surface area contributed by atoms with E-state index in [1.54, 1.807) is 0 Å². The summed E-state index contributed by atoms with van der Waals surface area (Å²) in [5.41, 5.74) is 0. The molecule has 0 aromatic rings. The molecule has 4 N–H and O–H groups in total. The predicted octanol–water partition coefficient (Wildman–Crippen LogP) is -0.715. The van der Waals surface area contributed by atoms with Crippen LogP contribution in [0.1, 0.15) is 0 Å². The number of nitrogens with zero attached hydrogens (tertiary/aromatic N) is 1. The van der Waals surface area contributed by atoms with Gasteiger partial charge >= 0.3 is 15.6 Å². The van der Waals surface area contributed by atoms with Crippen LogP contribution < -0.4 is 0 Å². The van der Waals surface area contributed by atoms with Crippen molar-refractivity contribution in [2.45, 2.75) is 0 Å². The van der Waals surface area contributed by atoms with E-state index in [1.807, 2.05) is 0 Å². The molecule has 0 radical (unpaired) electrons. The average Bonchev–Trinajstić information content (AvgIpc) is 1.60. The molecule has 11 heavy (non-hydrogen) atoms. The summed E-state index contributed by atoms with van der Waals surface area (Å²) in [6, 6.07) is 0. The maximum atomic E-state index is 9.63. The lowest BCUT2D eigenvalue weighted by Crippen LogP contribution is -1.84. The highest BCUT2D eigenvalue weighted by Crippen LogP contribution is 2.53. The molecule has 0 heterocycles. The molecule has 8 nitrogen and oxygen atoms in total. The molecule has 0 aliphatic carbocycles. The van der Waals surface area contributed by atoms with E-state index in [-0.39, 0.29) is 0 Å². The van der Waals surface area contributed by atoms with Gasteiger partial charge in [0, 0.05) is 0 Å². The van der Waals surface area contributed by atoms with Crippen LogP contribution in [0.15, 0.2) is 0 Å². The minimum Gasteiger partial charge on any atom is -0.512 e. The Balaban J connectivity index is 0. The van der Waals surface area contributed by atoms with Crippen LogP contribution in [0.4, 0.5) is 0 Å². The normalized spacial score (nSPS) is 11.5. The van der Waals surface area contributed by atoms with Crippen molar-refractivity contribution in [3.8, 4) is 0 Å². The van der Waals surface area contributed by atoms with Crippen molar-refractivity contribution >= 4 is 15.6 Å². The van der Waals surface area contributed by atoms with Gasteiger partial charge in [0.15, 0.2) is 0 Å². The van der Waals surface area contributed by atoms with Crippen LogP contribution in [-0.4, -0.2) is 19.6 Å². The van der Waals surface area contributed by atoms with Gasteiger partial charge in [-0.3, -0.25) is 0 Å². The SMILES string of the molecule is O=P(O)(O)OP(=O)(O)O.[C-]#N. The smallest absolute Gasteiger partial charge is 0.478 e. The predicted molar refractivity (Wildman–Crippen MR) is 30.1 cm³/mol. The van der Waals surface area contributed by atoms with Crippen LogP contribution in [-0.2, 0) is 13.4 Å². The van der Waals surface area contributed by atoms with Crippen LogP contribution >= 0.6 is 15.6 Å². The second kappa shape index (κ2) is 4.59. The maximum Gasteiger partial charge on any atom is 0.478 e. The van der Waals surface area contributed by atoms with Gasteiger partial charge in [-0.05, 0) is 0 Å². The third-order valence-electron chi connectivity index (χ3n) is 0.213. The highest BCUT2D eigenvalue weighted by molar-refractivity contribution is 7.60. The molecular formula is CH4NO7P2-. The molecule has 0 fully saturated rings. The van der Waals surface area contributed by atoms with Crippen molar-refractivity contribution in [2.75, 3.05) is 0 Å². The number of hydrogen-bond donors (Lipinski definition) is 4. The second-order valence-electron chi connectivity index (χ2n) is 1.06. The zero-order valence-corrected chi connectivity index (χ0v) is 6.64. The summed E-state index contributed by atoms with van der Waals surface area (Å²) in [6.07, 6.45) is 0. The zero-order valence-electron chi connectivity index (χ0n) is 4.86. The molecular weight excluding hydrogens is 200 g/mol. The molecule has 0 saturated heterocycles. The summed E-state index contributed by atoms with van der Waals surface area (Å²) in [5.74, 6) is 0. The minimum atomic E-state index is -5.05. The Labute approximate surface area is 61.5 Å². The van der Waals surface area contributed by atoms with Crippen LogP contribution in [0.3, 0.4) is 0 Å². The second-order valence-corrected chi connectivity index (χ2v) is 3.68. The van der Waals surface area contributed by atoms with Crippen LogP contribution in [0.5, 0.6) is 0 Å². The minimum absolute atomic E-state index is 2.96. The summed E-state index contributed by atoms with van der Waals surface area (Å²) >= 11 is 0. The van der Waals surface area contributed by atoms with Gasteiger partial charge in [0.1, 0.15) is 0 Å². The molecule has 0 bridgehead atoms. The van der Waals surface area contributed by atoms with E-state index in [2.05, 4.69) is 4.31 Å². The molecule has 66 valence electrons. The van der Waals surface area contributed by atoms with Gasteiger partial charge in [-0.15, -0.1) is 0 Å². The van der Waals surface area contributed by atoms with E-state index in [4.69, 9.17) is 31.4 Å². The van der Waals surface area contributed by atoms with E-state index in [1.165, 1.54) is 0 Å². The van der Waals surface area contributed by atoms with E-state index >= 15 is 0 Å². The third kappa shape index (κ3) is 17.7. The largest absolute Gasteiger partial charge is 0.512 e. The lowest BCUT2D eigenvalue weighted by molar-refractivity contribution is 0.225. The van der Waals surface area contributed by atoms with Crippen molar-refractivity contribution in [2.24, 2.45) is 0 Å². The molecule has 0 amide bonds. The monoisotopic (exact) mass is 204 g/mol. The molecule has 0 rings (SSSR count). The van der Waals surface area contributed by atoms with E-state index in [9.17, 15) is 9.13 Å². The number of rotatable bonds is 2. The molecule has 0 aromatic carbocycles. The topological polar surface area (TPSA) is 148 Å². The summed E-state index contributed by atoms with van der Waals surface area (Å²) < 4.78 is 22.2. The van der Waals surface area contributed by atoms with Crippen molar-refractivity contribution < 1.29 is 33.0 Å². The Hall–Kier alpha value is -0.250. The summed E-state index contributed by atoms with van der Waals surface area (Å²) in [6.45, 7) is 4.75. The van der Waals surface area contributed by atoms with E-state index < -0.39 is 15.6 Å². The van der Waals surface area contributed by atoms with Gasteiger partial charge < -0.3 is 31.4 Å². The Kier molecular flexibility index (Phi) is 5.57. The first-order valence-corrected chi connectivity index (χ1v) is 4.81. The molecule has 0 saturated carbocycles. The Morgan fingerprint density at radius 2 is 1.18 bits per heavy atom.